The molecule has 1 heteroatoms. The highest BCUT2D eigenvalue weighted by molar-refractivity contribution is 5.91. The van der Waals surface area contributed by atoms with Crippen molar-refractivity contribution in [3.8, 4) is 0 Å². The maximum absolute atomic E-state index is 4.49. The van der Waals surface area contributed by atoms with Gasteiger partial charge in [0.2, 0.25) is 0 Å². The lowest BCUT2D eigenvalue weighted by Crippen LogP contribution is -2.38. The van der Waals surface area contributed by atoms with Crippen LogP contribution in [0.3, 0.4) is 0 Å². The van der Waals surface area contributed by atoms with Crippen molar-refractivity contribution in [2.24, 2.45) is 16.8 Å². The molecule has 2 unspecified atom stereocenters. The molecule has 0 saturated carbocycles. The molecule has 0 saturated heterocycles. The average Bonchev–Trinajstić information content (AvgIpc) is 2.96. The summed E-state index contributed by atoms with van der Waals surface area (Å²) >= 11 is 0. The molecular weight excluding hydrogens is 434 g/mol. The summed E-state index contributed by atoms with van der Waals surface area (Å²) in [5.74, 6) is 0.928. The number of fused-ring (bicyclic) bond motifs is 3. The van der Waals surface area contributed by atoms with E-state index < -0.39 is 0 Å². The topological polar surface area (TPSA) is 12.4 Å². The predicted molar refractivity (Wildman–Crippen MR) is 152 cm³/mol. The van der Waals surface area contributed by atoms with Crippen LogP contribution in [0.2, 0.25) is 0 Å². The zero-order valence-corrected chi connectivity index (χ0v) is 20.7. The summed E-state index contributed by atoms with van der Waals surface area (Å²) < 4.78 is 0. The number of hydrogen-bond donors (Lipinski definition) is 0. The van der Waals surface area contributed by atoms with Crippen LogP contribution in [-0.2, 0) is 0 Å². The average molecular weight is 466 g/mol. The fourth-order valence-electron chi connectivity index (χ4n) is 6.70. The summed E-state index contributed by atoms with van der Waals surface area (Å²) in [6, 6.07) is 24.9. The van der Waals surface area contributed by atoms with E-state index in [1.807, 2.05) is 6.21 Å². The van der Waals surface area contributed by atoms with Crippen LogP contribution in [0.5, 0.6) is 0 Å². The van der Waals surface area contributed by atoms with E-state index in [0.717, 1.165) is 19.4 Å². The van der Waals surface area contributed by atoms with E-state index in [4.69, 9.17) is 0 Å². The summed E-state index contributed by atoms with van der Waals surface area (Å²) in [6.07, 6.45) is 19.6. The third kappa shape index (κ3) is 3.66. The summed E-state index contributed by atoms with van der Waals surface area (Å²) in [5.41, 5.74) is 8.99. The Kier molecular flexibility index (Phi) is 5.43. The number of allylic oxidation sites excluding steroid dienone is 6. The van der Waals surface area contributed by atoms with E-state index in [1.165, 1.54) is 68.3 Å². The van der Waals surface area contributed by atoms with Crippen molar-refractivity contribution >= 4 is 28.1 Å². The zero-order chi connectivity index (χ0) is 23.9. The number of benzene rings is 3. The molecule has 176 valence electrons. The lowest BCUT2D eigenvalue weighted by molar-refractivity contribution is 0.618. The SMILES string of the molecule is C1=CC(C2=CC=C(C3=c4ccccc4=C(c4ccc5ccccc5c4)C4CCCC=C34)CC2)CN=C1. The Morgan fingerprint density at radius 2 is 1.67 bits per heavy atom. The van der Waals surface area contributed by atoms with Gasteiger partial charge in [-0.25, -0.2) is 0 Å². The first-order valence-corrected chi connectivity index (χ1v) is 13.5. The first kappa shape index (κ1) is 21.6. The highest BCUT2D eigenvalue weighted by atomic mass is 14.7. The summed E-state index contributed by atoms with van der Waals surface area (Å²) in [7, 11) is 0. The molecule has 0 fully saturated rings. The Morgan fingerprint density at radius 3 is 2.50 bits per heavy atom. The van der Waals surface area contributed by atoms with Crippen LogP contribution in [0.4, 0.5) is 0 Å². The minimum Gasteiger partial charge on any atom is -0.292 e. The molecule has 0 bridgehead atoms. The van der Waals surface area contributed by atoms with Crippen molar-refractivity contribution in [1.29, 1.82) is 0 Å². The molecule has 1 aliphatic heterocycles. The Labute approximate surface area is 213 Å². The van der Waals surface area contributed by atoms with Crippen LogP contribution in [0.1, 0.15) is 37.7 Å². The van der Waals surface area contributed by atoms with Crippen molar-refractivity contribution in [3.05, 3.63) is 130 Å². The van der Waals surface area contributed by atoms with Crippen molar-refractivity contribution in [2.45, 2.75) is 32.1 Å². The molecule has 3 aromatic rings. The van der Waals surface area contributed by atoms with E-state index in [1.54, 1.807) is 5.57 Å². The van der Waals surface area contributed by atoms with Crippen LogP contribution in [0, 0.1) is 11.8 Å². The Balaban J connectivity index is 1.44. The smallest absolute Gasteiger partial charge is 0.0489 e. The number of rotatable bonds is 3. The predicted octanol–water partition coefficient (Wildman–Crippen LogP) is 6.83. The minimum atomic E-state index is 0.464. The van der Waals surface area contributed by atoms with Crippen molar-refractivity contribution < 1.29 is 0 Å². The van der Waals surface area contributed by atoms with Crippen molar-refractivity contribution in [2.75, 3.05) is 6.54 Å². The number of dihydropyridines is 1. The molecule has 0 spiro atoms. The lowest BCUT2D eigenvalue weighted by atomic mass is 9.70. The summed E-state index contributed by atoms with van der Waals surface area (Å²) in [6.45, 7) is 0.891. The van der Waals surface area contributed by atoms with Crippen LogP contribution >= 0.6 is 0 Å². The molecule has 36 heavy (non-hydrogen) atoms. The van der Waals surface area contributed by atoms with Gasteiger partial charge >= 0.3 is 0 Å². The molecule has 7 rings (SSSR count). The number of hydrogen-bond acceptors (Lipinski definition) is 1. The van der Waals surface area contributed by atoms with Crippen LogP contribution in [0.25, 0.3) is 21.9 Å². The van der Waals surface area contributed by atoms with Gasteiger partial charge in [-0.05, 0) is 93.3 Å². The zero-order valence-electron chi connectivity index (χ0n) is 20.7. The maximum Gasteiger partial charge on any atom is 0.0489 e. The summed E-state index contributed by atoms with van der Waals surface area (Å²) in [4.78, 5) is 4.49. The Morgan fingerprint density at radius 1 is 0.806 bits per heavy atom. The van der Waals surface area contributed by atoms with Gasteiger partial charge in [0.05, 0.1) is 0 Å². The van der Waals surface area contributed by atoms with E-state index in [9.17, 15) is 0 Å². The van der Waals surface area contributed by atoms with E-state index in [2.05, 4.69) is 102 Å². The molecule has 3 aromatic carbocycles. The second kappa shape index (κ2) is 9.06. The Bertz CT molecular complexity index is 1640. The molecule has 0 radical (unpaired) electrons. The second-order valence-electron chi connectivity index (χ2n) is 10.5. The maximum atomic E-state index is 4.49. The van der Waals surface area contributed by atoms with Crippen molar-refractivity contribution in [3.63, 3.8) is 0 Å². The second-order valence-corrected chi connectivity index (χ2v) is 10.5. The van der Waals surface area contributed by atoms with Gasteiger partial charge in [-0.3, -0.25) is 4.99 Å². The molecule has 2 atom stereocenters. The van der Waals surface area contributed by atoms with Gasteiger partial charge in [0.25, 0.3) is 0 Å². The molecular formula is C35H31N. The van der Waals surface area contributed by atoms with Crippen LogP contribution < -0.4 is 10.4 Å². The van der Waals surface area contributed by atoms with Gasteiger partial charge in [-0.1, -0.05) is 90.5 Å². The fourth-order valence-corrected chi connectivity index (χ4v) is 6.70. The molecule has 3 aliphatic carbocycles. The first-order chi connectivity index (χ1) is 17.9. The Hall–Kier alpha value is -3.71. The van der Waals surface area contributed by atoms with E-state index in [0.29, 0.717) is 11.8 Å². The van der Waals surface area contributed by atoms with Crippen molar-refractivity contribution in [1.82, 2.24) is 0 Å². The fraction of sp³-hybridized carbons (Fsp3) is 0.229. The van der Waals surface area contributed by atoms with Gasteiger partial charge in [0.15, 0.2) is 0 Å². The molecule has 0 N–H and O–H groups in total. The number of aliphatic imine (C=N–C) groups is 1. The van der Waals surface area contributed by atoms with Gasteiger partial charge in [0.1, 0.15) is 0 Å². The van der Waals surface area contributed by atoms with Crippen LogP contribution in [0.15, 0.2) is 119 Å². The van der Waals surface area contributed by atoms with Crippen LogP contribution in [-0.4, -0.2) is 12.8 Å². The third-order valence-electron chi connectivity index (χ3n) is 8.44. The van der Waals surface area contributed by atoms with Gasteiger partial charge in [-0.15, -0.1) is 0 Å². The highest BCUT2D eigenvalue weighted by Crippen LogP contribution is 2.44. The third-order valence-corrected chi connectivity index (χ3v) is 8.44. The van der Waals surface area contributed by atoms with Gasteiger partial charge < -0.3 is 0 Å². The summed E-state index contributed by atoms with van der Waals surface area (Å²) in [5, 5.41) is 5.47. The minimum absolute atomic E-state index is 0.464. The van der Waals surface area contributed by atoms with E-state index in [-0.39, 0.29) is 0 Å². The largest absolute Gasteiger partial charge is 0.292 e. The molecule has 0 amide bonds. The highest BCUT2D eigenvalue weighted by Gasteiger charge is 2.31. The molecule has 1 nitrogen and oxygen atoms in total. The van der Waals surface area contributed by atoms with Gasteiger partial charge in [-0.2, -0.15) is 0 Å². The monoisotopic (exact) mass is 465 g/mol. The lowest BCUT2D eigenvalue weighted by Gasteiger charge is -2.34. The standard InChI is InChI=1S/C35H31N/c1-2-9-27-22-28(20-17-24(27)8-1)35-32-13-5-3-11-30(32)34(31-12-4-6-14-33(31)35)26-18-15-25(16-19-26)29-10-7-21-36-23-29/h1-3,5,7-13,15,17-18,20-22,29,33H,4,6,14,16,19,23H2. The quantitative estimate of drug-likeness (QED) is 0.402. The molecule has 1 heterocycles. The first-order valence-electron chi connectivity index (χ1n) is 13.5. The normalized spacial score (nSPS) is 23.1. The molecule has 4 aliphatic rings. The number of nitrogens with zero attached hydrogens (tertiary/aromatic N) is 1. The van der Waals surface area contributed by atoms with Gasteiger partial charge in [0, 0.05) is 24.6 Å². The van der Waals surface area contributed by atoms with E-state index >= 15 is 0 Å². The molecule has 0 aromatic heterocycles.